The monoisotopic (exact) mass is 233 g/mol. The zero-order valence-electron chi connectivity index (χ0n) is 10.4. The fourth-order valence-electron chi connectivity index (χ4n) is 2.24. The molecule has 0 heterocycles. The molecule has 17 heavy (non-hydrogen) atoms. The Morgan fingerprint density at radius 1 is 1.41 bits per heavy atom. The minimum Gasteiger partial charge on any atom is -0.462 e. The van der Waals surface area contributed by atoms with Gasteiger partial charge < -0.3 is 10.1 Å². The minimum absolute atomic E-state index is 0.247. The maximum absolute atomic E-state index is 11.8. The Morgan fingerprint density at radius 3 is 2.76 bits per heavy atom. The fourth-order valence-corrected chi connectivity index (χ4v) is 2.24. The predicted octanol–water partition coefficient (Wildman–Crippen LogP) is 3.07. The van der Waals surface area contributed by atoms with E-state index in [1.165, 1.54) is 12.8 Å². The lowest BCUT2D eigenvalue weighted by atomic mass is 9.81. The van der Waals surface area contributed by atoms with Crippen LogP contribution in [-0.4, -0.2) is 18.6 Å². The van der Waals surface area contributed by atoms with E-state index in [1.807, 2.05) is 31.2 Å². The van der Waals surface area contributed by atoms with Crippen molar-refractivity contribution in [3.05, 3.63) is 29.8 Å². The molecule has 1 N–H and O–H groups in total. The summed E-state index contributed by atoms with van der Waals surface area (Å²) in [4.78, 5) is 11.8. The van der Waals surface area contributed by atoms with Crippen LogP contribution < -0.4 is 5.32 Å². The number of ether oxygens (including phenoxy) is 1. The van der Waals surface area contributed by atoms with Crippen molar-refractivity contribution in [2.45, 2.75) is 32.7 Å². The Kier molecular flexibility index (Phi) is 3.67. The van der Waals surface area contributed by atoms with Gasteiger partial charge >= 0.3 is 5.97 Å². The van der Waals surface area contributed by atoms with Gasteiger partial charge in [0.15, 0.2) is 0 Å². The van der Waals surface area contributed by atoms with Crippen molar-refractivity contribution in [1.82, 2.24) is 0 Å². The van der Waals surface area contributed by atoms with E-state index >= 15 is 0 Å². The fraction of sp³-hybridized carbons (Fsp3) is 0.500. The van der Waals surface area contributed by atoms with Gasteiger partial charge in [-0.15, -0.1) is 0 Å². The van der Waals surface area contributed by atoms with Crippen LogP contribution in [0.3, 0.4) is 0 Å². The van der Waals surface area contributed by atoms with E-state index in [9.17, 15) is 4.79 Å². The van der Waals surface area contributed by atoms with Crippen LogP contribution in [0.15, 0.2) is 24.3 Å². The molecule has 3 heteroatoms. The molecule has 3 nitrogen and oxygen atoms in total. The van der Waals surface area contributed by atoms with Crippen LogP contribution in [0, 0.1) is 5.92 Å². The van der Waals surface area contributed by atoms with Crippen LogP contribution in [0.1, 0.15) is 37.0 Å². The summed E-state index contributed by atoms with van der Waals surface area (Å²) in [6, 6.07) is 8.05. The number of rotatable bonds is 4. The lowest BCUT2D eigenvalue weighted by molar-refractivity contribution is 0.0527. The Hall–Kier alpha value is -1.51. The SMILES string of the molecule is CCOC(=O)c1ccccc1NC1CC(C)C1. The maximum atomic E-state index is 11.8. The molecule has 1 aliphatic rings. The van der Waals surface area contributed by atoms with E-state index in [0.29, 0.717) is 18.2 Å². The van der Waals surface area contributed by atoms with Gasteiger partial charge in [-0.05, 0) is 37.8 Å². The Labute approximate surface area is 102 Å². The first-order valence-corrected chi connectivity index (χ1v) is 6.23. The molecule has 0 bridgehead atoms. The molecule has 2 rings (SSSR count). The average molecular weight is 233 g/mol. The third kappa shape index (κ3) is 2.78. The third-order valence-electron chi connectivity index (χ3n) is 3.16. The topological polar surface area (TPSA) is 38.3 Å². The molecule has 1 aromatic rings. The van der Waals surface area contributed by atoms with Crippen molar-refractivity contribution >= 4 is 11.7 Å². The molecular weight excluding hydrogens is 214 g/mol. The van der Waals surface area contributed by atoms with Crippen molar-refractivity contribution < 1.29 is 9.53 Å². The number of hydrogen-bond donors (Lipinski definition) is 1. The highest BCUT2D eigenvalue weighted by Crippen LogP contribution is 2.30. The van der Waals surface area contributed by atoms with Crippen molar-refractivity contribution in [3.8, 4) is 0 Å². The molecular formula is C14H19NO2. The van der Waals surface area contributed by atoms with Gasteiger partial charge in [0.25, 0.3) is 0 Å². The highest BCUT2D eigenvalue weighted by atomic mass is 16.5. The summed E-state index contributed by atoms with van der Waals surface area (Å²) in [5.74, 6) is 0.547. The first kappa shape index (κ1) is 12.0. The van der Waals surface area contributed by atoms with E-state index in [1.54, 1.807) is 0 Å². The van der Waals surface area contributed by atoms with Crippen LogP contribution in [0.5, 0.6) is 0 Å². The average Bonchev–Trinajstić information content (AvgIpc) is 2.28. The van der Waals surface area contributed by atoms with Crippen LogP contribution in [0.25, 0.3) is 0 Å². The number of carbonyl (C=O) groups excluding carboxylic acids is 1. The number of anilines is 1. The van der Waals surface area contributed by atoms with Gasteiger partial charge in [-0.25, -0.2) is 4.79 Å². The molecule has 0 spiro atoms. The van der Waals surface area contributed by atoms with E-state index in [-0.39, 0.29) is 5.97 Å². The van der Waals surface area contributed by atoms with Gasteiger partial charge in [-0.2, -0.15) is 0 Å². The first-order chi connectivity index (χ1) is 8.20. The second-order valence-electron chi connectivity index (χ2n) is 4.68. The highest BCUT2D eigenvalue weighted by molar-refractivity contribution is 5.95. The normalized spacial score (nSPS) is 22.7. The number of esters is 1. The summed E-state index contributed by atoms with van der Waals surface area (Å²) in [5, 5.41) is 3.42. The molecule has 92 valence electrons. The van der Waals surface area contributed by atoms with Crippen LogP contribution in [-0.2, 0) is 4.74 Å². The zero-order chi connectivity index (χ0) is 12.3. The molecule has 0 saturated heterocycles. The van der Waals surface area contributed by atoms with Crippen molar-refractivity contribution in [2.75, 3.05) is 11.9 Å². The molecule has 1 fully saturated rings. The summed E-state index contributed by atoms with van der Waals surface area (Å²) in [6.45, 7) is 4.48. The number of benzene rings is 1. The molecule has 0 atom stereocenters. The maximum Gasteiger partial charge on any atom is 0.340 e. The summed E-state index contributed by atoms with van der Waals surface area (Å²) >= 11 is 0. The number of para-hydroxylation sites is 1. The number of hydrogen-bond acceptors (Lipinski definition) is 3. The van der Waals surface area contributed by atoms with Gasteiger partial charge in [0.1, 0.15) is 0 Å². The lowest BCUT2D eigenvalue weighted by Crippen LogP contribution is -2.34. The van der Waals surface area contributed by atoms with E-state index < -0.39 is 0 Å². The number of carbonyl (C=O) groups is 1. The number of nitrogens with one attached hydrogen (secondary N) is 1. The van der Waals surface area contributed by atoms with Gasteiger partial charge in [-0.3, -0.25) is 0 Å². The molecule has 0 amide bonds. The Balaban J connectivity index is 2.07. The van der Waals surface area contributed by atoms with Crippen molar-refractivity contribution in [3.63, 3.8) is 0 Å². The van der Waals surface area contributed by atoms with Crippen molar-refractivity contribution in [2.24, 2.45) is 5.92 Å². The molecule has 1 aromatic carbocycles. The van der Waals surface area contributed by atoms with Crippen LogP contribution >= 0.6 is 0 Å². The van der Waals surface area contributed by atoms with Crippen LogP contribution in [0.4, 0.5) is 5.69 Å². The summed E-state index contributed by atoms with van der Waals surface area (Å²) < 4.78 is 5.04. The van der Waals surface area contributed by atoms with Gasteiger partial charge in [-0.1, -0.05) is 19.1 Å². The van der Waals surface area contributed by atoms with Crippen LogP contribution in [0.2, 0.25) is 0 Å². The summed E-state index contributed by atoms with van der Waals surface area (Å²) in [5.41, 5.74) is 1.52. The molecule has 0 aromatic heterocycles. The van der Waals surface area contributed by atoms with E-state index in [4.69, 9.17) is 4.74 Å². The third-order valence-corrected chi connectivity index (χ3v) is 3.16. The Morgan fingerprint density at radius 2 is 2.12 bits per heavy atom. The molecule has 1 saturated carbocycles. The van der Waals surface area contributed by atoms with Gasteiger partial charge in [0.2, 0.25) is 0 Å². The smallest absolute Gasteiger partial charge is 0.340 e. The van der Waals surface area contributed by atoms with E-state index in [2.05, 4.69) is 12.2 Å². The second-order valence-corrected chi connectivity index (χ2v) is 4.68. The molecule has 0 aliphatic heterocycles. The zero-order valence-corrected chi connectivity index (χ0v) is 10.4. The summed E-state index contributed by atoms with van der Waals surface area (Å²) in [7, 11) is 0. The predicted molar refractivity (Wildman–Crippen MR) is 68.2 cm³/mol. The second kappa shape index (κ2) is 5.21. The molecule has 1 aliphatic carbocycles. The van der Waals surface area contributed by atoms with Gasteiger partial charge in [0.05, 0.1) is 12.2 Å². The quantitative estimate of drug-likeness (QED) is 0.812. The lowest BCUT2D eigenvalue weighted by Gasteiger charge is -2.34. The van der Waals surface area contributed by atoms with Gasteiger partial charge in [0, 0.05) is 11.7 Å². The first-order valence-electron chi connectivity index (χ1n) is 6.23. The molecule has 0 radical (unpaired) electrons. The Bertz CT molecular complexity index is 397. The largest absolute Gasteiger partial charge is 0.462 e. The van der Waals surface area contributed by atoms with E-state index in [0.717, 1.165) is 11.6 Å². The highest BCUT2D eigenvalue weighted by Gasteiger charge is 2.26. The standard InChI is InChI=1S/C14H19NO2/c1-3-17-14(16)12-6-4-5-7-13(12)15-11-8-10(2)9-11/h4-7,10-11,15H,3,8-9H2,1-2H3. The summed E-state index contributed by atoms with van der Waals surface area (Å²) in [6.07, 6.45) is 2.36. The molecule has 0 unspecified atom stereocenters. The van der Waals surface area contributed by atoms with Crippen molar-refractivity contribution in [1.29, 1.82) is 0 Å². The minimum atomic E-state index is -0.247.